The van der Waals surface area contributed by atoms with Crippen molar-refractivity contribution in [1.29, 1.82) is 0 Å². The normalized spacial score (nSPS) is 17.9. The minimum atomic E-state index is -0.205. The molecule has 0 radical (unpaired) electrons. The molecule has 2 nitrogen and oxygen atoms in total. The third-order valence-electron chi connectivity index (χ3n) is 3.44. The average Bonchev–Trinajstić information content (AvgIpc) is 2.23. The first-order valence-corrected chi connectivity index (χ1v) is 6.21. The minimum absolute atomic E-state index is 0.134. The van der Waals surface area contributed by atoms with Gasteiger partial charge in [-0.15, -0.1) is 0 Å². The van der Waals surface area contributed by atoms with Gasteiger partial charge in [-0.25, -0.2) is 4.39 Å². The van der Waals surface area contributed by atoms with Crippen LogP contribution >= 0.6 is 11.6 Å². The van der Waals surface area contributed by atoms with Gasteiger partial charge in [0.05, 0.1) is 13.2 Å². The number of ether oxygens (including phenoxy) is 1. The largest absolute Gasteiger partial charge is 0.379 e. The van der Waals surface area contributed by atoms with Crippen LogP contribution in [-0.4, -0.2) is 19.8 Å². The molecule has 1 aliphatic heterocycles. The summed E-state index contributed by atoms with van der Waals surface area (Å²) in [7, 11) is 0. The van der Waals surface area contributed by atoms with Crippen molar-refractivity contribution in [3.63, 3.8) is 0 Å². The molecule has 1 aromatic carbocycles. The maximum Gasteiger partial charge on any atom is 0.126 e. The predicted molar refractivity (Wildman–Crippen MR) is 66.9 cm³/mol. The Bertz CT molecular complexity index is 418. The molecule has 2 rings (SSSR count). The maximum atomic E-state index is 13.6. The molecule has 1 saturated heterocycles. The fourth-order valence-electron chi connectivity index (χ4n) is 2.28. The molecule has 0 bridgehead atoms. The summed E-state index contributed by atoms with van der Waals surface area (Å²) in [5, 5.41) is 0.629. The Labute approximate surface area is 106 Å². The number of nitrogens with two attached hydrogens (primary N) is 1. The van der Waals surface area contributed by atoms with E-state index < -0.39 is 0 Å². The Morgan fingerprint density at radius 3 is 2.71 bits per heavy atom. The van der Waals surface area contributed by atoms with E-state index in [-0.39, 0.29) is 11.2 Å². The monoisotopic (exact) mass is 257 g/mol. The molecule has 0 aromatic heterocycles. The van der Waals surface area contributed by atoms with Gasteiger partial charge in [-0.1, -0.05) is 11.6 Å². The van der Waals surface area contributed by atoms with Crippen LogP contribution in [0.15, 0.2) is 12.1 Å². The van der Waals surface area contributed by atoms with Crippen LogP contribution in [0.3, 0.4) is 0 Å². The quantitative estimate of drug-likeness (QED) is 0.900. The van der Waals surface area contributed by atoms with E-state index in [1.807, 2.05) is 0 Å². The van der Waals surface area contributed by atoms with Gasteiger partial charge in [-0.3, -0.25) is 0 Å². The topological polar surface area (TPSA) is 35.2 Å². The number of hydrogen-bond donors (Lipinski definition) is 1. The molecule has 0 spiro atoms. The lowest BCUT2D eigenvalue weighted by atomic mass is 9.74. The predicted octanol–water partition coefficient (Wildman–Crippen LogP) is 2.79. The SMILES string of the molecule is Cc1cc(Cl)c(C2(CCCN)COC2)cc1F. The second-order valence-electron chi connectivity index (χ2n) is 4.75. The van der Waals surface area contributed by atoms with Gasteiger partial charge in [0, 0.05) is 10.4 Å². The second-order valence-corrected chi connectivity index (χ2v) is 5.15. The third-order valence-corrected chi connectivity index (χ3v) is 3.75. The number of benzene rings is 1. The molecule has 17 heavy (non-hydrogen) atoms. The van der Waals surface area contributed by atoms with E-state index in [1.54, 1.807) is 19.1 Å². The number of halogens is 2. The van der Waals surface area contributed by atoms with Gasteiger partial charge in [0.2, 0.25) is 0 Å². The molecule has 2 N–H and O–H groups in total. The first kappa shape index (κ1) is 12.8. The molecule has 0 amide bonds. The zero-order valence-corrected chi connectivity index (χ0v) is 10.7. The molecule has 1 aromatic rings. The van der Waals surface area contributed by atoms with Crippen LogP contribution < -0.4 is 5.73 Å². The summed E-state index contributed by atoms with van der Waals surface area (Å²) in [5.41, 5.74) is 6.84. The van der Waals surface area contributed by atoms with Crippen LogP contribution in [0, 0.1) is 12.7 Å². The van der Waals surface area contributed by atoms with Crippen LogP contribution in [-0.2, 0) is 10.2 Å². The third kappa shape index (κ3) is 2.32. The lowest BCUT2D eigenvalue weighted by molar-refractivity contribution is -0.0649. The molecule has 0 atom stereocenters. The number of hydrogen-bond acceptors (Lipinski definition) is 2. The van der Waals surface area contributed by atoms with Crippen LogP contribution in [0.2, 0.25) is 5.02 Å². The highest BCUT2D eigenvalue weighted by Crippen LogP contribution is 2.41. The highest BCUT2D eigenvalue weighted by atomic mass is 35.5. The maximum absolute atomic E-state index is 13.6. The van der Waals surface area contributed by atoms with Crippen molar-refractivity contribution in [3.8, 4) is 0 Å². The highest BCUT2D eigenvalue weighted by Gasteiger charge is 2.41. The number of aryl methyl sites for hydroxylation is 1. The summed E-state index contributed by atoms with van der Waals surface area (Å²) in [6.45, 7) is 3.56. The zero-order valence-electron chi connectivity index (χ0n) is 9.93. The molecule has 0 aliphatic carbocycles. The van der Waals surface area contributed by atoms with Crippen molar-refractivity contribution in [2.75, 3.05) is 19.8 Å². The molecule has 94 valence electrons. The number of rotatable bonds is 4. The molecule has 1 heterocycles. The standard InChI is InChI=1S/C13H17ClFNO/c1-9-5-11(14)10(6-12(9)15)13(3-2-4-16)7-17-8-13/h5-6H,2-4,7-8,16H2,1H3. The molecule has 1 aliphatic rings. The van der Waals surface area contributed by atoms with Gasteiger partial charge in [0.25, 0.3) is 0 Å². The summed E-state index contributed by atoms with van der Waals surface area (Å²) >= 11 is 6.22. The zero-order chi connectivity index (χ0) is 12.5. The first-order valence-electron chi connectivity index (χ1n) is 5.83. The lowest BCUT2D eigenvalue weighted by Crippen LogP contribution is -2.47. The van der Waals surface area contributed by atoms with Crippen molar-refractivity contribution in [2.45, 2.75) is 25.2 Å². The van der Waals surface area contributed by atoms with Crippen LogP contribution in [0.5, 0.6) is 0 Å². The fraction of sp³-hybridized carbons (Fsp3) is 0.538. The Kier molecular flexibility index (Phi) is 3.71. The van der Waals surface area contributed by atoms with Crippen LogP contribution in [0.4, 0.5) is 4.39 Å². The van der Waals surface area contributed by atoms with Crippen molar-refractivity contribution < 1.29 is 9.13 Å². The van der Waals surface area contributed by atoms with Gasteiger partial charge in [-0.05, 0) is 49.6 Å². The molecule has 1 fully saturated rings. The molecule has 0 saturated carbocycles. The molecule has 0 unspecified atom stereocenters. The van der Waals surface area contributed by atoms with E-state index in [4.69, 9.17) is 22.1 Å². The Hall–Kier alpha value is -0.640. The Balaban J connectivity index is 2.34. The van der Waals surface area contributed by atoms with E-state index in [9.17, 15) is 4.39 Å². The van der Waals surface area contributed by atoms with E-state index in [0.29, 0.717) is 30.3 Å². The fourth-order valence-corrected chi connectivity index (χ4v) is 2.69. The van der Waals surface area contributed by atoms with E-state index >= 15 is 0 Å². The Morgan fingerprint density at radius 1 is 1.47 bits per heavy atom. The smallest absolute Gasteiger partial charge is 0.126 e. The van der Waals surface area contributed by atoms with Gasteiger partial charge in [-0.2, -0.15) is 0 Å². The summed E-state index contributed by atoms with van der Waals surface area (Å²) < 4.78 is 18.9. The van der Waals surface area contributed by atoms with E-state index in [0.717, 1.165) is 18.4 Å². The first-order chi connectivity index (χ1) is 8.09. The van der Waals surface area contributed by atoms with Gasteiger partial charge in [0.1, 0.15) is 5.82 Å². The van der Waals surface area contributed by atoms with Gasteiger partial charge >= 0.3 is 0 Å². The van der Waals surface area contributed by atoms with Crippen molar-refractivity contribution in [3.05, 3.63) is 34.1 Å². The second kappa shape index (κ2) is 4.92. The average molecular weight is 258 g/mol. The minimum Gasteiger partial charge on any atom is -0.379 e. The summed E-state index contributed by atoms with van der Waals surface area (Å²) in [4.78, 5) is 0. The lowest BCUT2D eigenvalue weighted by Gasteiger charge is -2.42. The van der Waals surface area contributed by atoms with Crippen molar-refractivity contribution in [1.82, 2.24) is 0 Å². The van der Waals surface area contributed by atoms with Crippen LogP contribution in [0.1, 0.15) is 24.0 Å². The Morgan fingerprint density at radius 2 is 2.18 bits per heavy atom. The molecular formula is C13H17ClFNO. The highest BCUT2D eigenvalue weighted by molar-refractivity contribution is 6.31. The molecule has 4 heteroatoms. The summed E-state index contributed by atoms with van der Waals surface area (Å²) in [5.74, 6) is -0.205. The summed E-state index contributed by atoms with van der Waals surface area (Å²) in [6.07, 6.45) is 1.79. The van der Waals surface area contributed by atoms with Crippen molar-refractivity contribution in [2.24, 2.45) is 5.73 Å². The summed E-state index contributed by atoms with van der Waals surface area (Å²) in [6, 6.07) is 3.24. The van der Waals surface area contributed by atoms with Crippen LogP contribution in [0.25, 0.3) is 0 Å². The van der Waals surface area contributed by atoms with Crippen molar-refractivity contribution >= 4 is 11.6 Å². The van der Waals surface area contributed by atoms with Gasteiger partial charge < -0.3 is 10.5 Å². The van der Waals surface area contributed by atoms with E-state index in [2.05, 4.69) is 0 Å². The van der Waals surface area contributed by atoms with E-state index in [1.165, 1.54) is 0 Å². The molecular weight excluding hydrogens is 241 g/mol. The van der Waals surface area contributed by atoms with Gasteiger partial charge in [0.15, 0.2) is 0 Å².